The van der Waals surface area contributed by atoms with Gasteiger partial charge in [0.05, 0.1) is 11.4 Å². The van der Waals surface area contributed by atoms with Gasteiger partial charge in [-0.2, -0.15) is 5.10 Å². The SMILES string of the molecule is CCn1nc(C)cc1NC(=O)C1(C)Oc2ccc(C)cc2NC1=O. The van der Waals surface area contributed by atoms with Crippen LogP contribution in [0.25, 0.3) is 0 Å². The number of amides is 2. The maximum absolute atomic E-state index is 12.7. The standard InChI is InChI=1S/C17H20N4O3/c1-5-21-14(9-11(3)20-21)19-16(23)17(4)15(22)18-12-8-10(2)6-7-13(12)24-17/h6-9H,5H2,1-4H3,(H,18,22)(H,19,23). The molecule has 1 aliphatic heterocycles. The molecular formula is C17H20N4O3. The lowest BCUT2D eigenvalue weighted by molar-refractivity contribution is -0.143. The third kappa shape index (κ3) is 2.62. The van der Waals surface area contributed by atoms with Crippen LogP contribution in [-0.2, 0) is 16.1 Å². The average molecular weight is 328 g/mol. The van der Waals surface area contributed by atoms with E-state index in [0.29, 0.717) is 23.8 Å². The minimum atomic E-state index is -1.65. The van der Waals surface area contributed by atoms with Crippen molar-refractivity contribution in [1.29, 1.82) is 0 Å². The molecule has 0 saturated heterocycles. The van der Waals surface area contributed by atoms with Gasteiger partial charge in [0.15, 0.2) is 0 Å². The summed E-state index contributed by atoms with van der Waals surface area (Å²) in [6.45, 7) is 7.74. The topological polar surface area (TPSA) is 85.2 Å². The summed E-state index contributed by atoms with van der Waals surface area (Å²) in [5.74, 6) is -0.0384. The van der Waals surface area contributed by atoms with E-state index in [9.17, 15) is 9.59 Å². The molecule has 1 atom stereocenters. The summed E-state index contributed by atoms with van der Waals surface area (Å²) >= 11 is 0. The molecule has 24 heavy (non-hydrogen) atoms. The number of fused-ring (bicyclic) bond motifs is 1. The number of hydrogen-bond donors (Lipinski definition) is 2. The second-order valence-electron chi connectivity index (χ2n) is 6.03. The van der Waals surface area contributed by atoms with Gasteiger partial charge < -0.3 is 15.4 Å². The Morgan fingerprint density at radius 1 is 1.38 bits per heavy atom. The quantitative estimate of drug-likeness (QED) is 0.846. The van der Waals surface area contributed by atoms with Crippen LogP contribution in [0.3, 0.4) is 0 Å². The molecule has 126 valence electrons. The average Bonchev–Trinajstić information content (AvgIpc) is 2.88. The first-order valence-corrected chi connectivity index (χ1v) is 7.80. The zero-order valence-electron chi connectivity index (χ0n) is 14.1. The van der Waals surface area contributed by atoms with Gasteiger partial charge in [0, 0.05) is 12.6 Å². The van der Waals surface area contributed by atoms with Gasteiger partial charge in [-0.1, -0.05) is 6.07 Å². The Bertz CT molecular complexity index is 827. The predicted octanol–water partition coefficient (Wildman–Crippen LogP) is 2.25. The molecule has 7 heteroatoms. The zero-order valence-corrected chi connectivity index (χ0v) is 14.1. The van der Waals surface area contributed by atoms with Crippen LogP contribution < -0.4 is 15.4 Å². The van der Waals surface area contributed by atoms with Crippen molar-refractivity contribution >= 4 is 23.3 Å². The molecule has 1 aromatic heterocycles. The van der Waals surface area contributed by atoms with Crippen molar-refractivity contribution < 1.29 is 14.3 Å². The molecule has 0 fully saturated rings. The van der Waals surface area contributed by atoms with Crippen molar-refractivity contribution in [3.05, 3.63) is 35.5 Å². The fraction of sp³-hybridized carbons (Fsp3) is 0.353. The van der Waals surface area contributed by atoms with E-state index in [1.165, 1.54) is 6.92 Å². The zero-order chi connectivity index (χ0) is 17.5. The molecule has 0 radical (unpaired) electrons. The number of benzene rings is 1. The molecule has 2 aromatic rings. The molecular weight excluding hydrogens is 308 g/mol. The summed E-state index contributed by atoms with van der Waals surface area (Å²) < 4.78 is 7.41. The molecule has 2 heterocycles. The van der Waals surface area contributed by atoms with E-state index in [2.05, 4.69) is 15.7 Å². The van der Waals surface area contributed by atoms with Crippen LogP contribution in [0.15, 0.2) is 24.3 Å². The number of nitrogens with zero attached hydrogens (tertiary/aromatic N) is 2. The summed E-state index contributed by atoms with van der Waals surface area (Å²) in [7, 11) is 0. The Balaban J connectivity index is 1.88. The molecule has 1 aliphatic rings. The number of rotatable bonds is 3. The Labute approximate surface area is 140 Å². The number of carbonyl (C=O) groups excluding carboxylic acids is 2. The molecule has 2 amide bonds. The van der Waals surface area contributed by atoms with E-state index < -0.39 is 17.4 Å². The summed E-state index contributed by atoms with van der Waals surface area (Å²) in [4.78, 5) is 25.2. The first-order chi connectivity index (χ1) is 11.3. The van der Waals surface area contributed by atoms with Crippen LogP contribution in [0.5, 0.6) is 5.75 Å². The molecule has 0 saturated carbocycles. The second-order valence-corrected chi connectivity index (χ2v) is 6.03. The van der Waals surface area contributed by atoms with E-state index >= 15 is 0 Å². The molecule has 0 spiro atoms. The lowest BCUT2D eigenvalue weighted by atomic mass is 10.0. The smallest absolute Gasteiger partial charge is 0.279 e. The number of carbonyl (C=O) groups is 2. The van der Waals surface area contributed by atoms with E-state index in [1.54, 1.807) is 22.9 Å². The molecule has 7 nitrogen and oxygen atoms in total. The predicted molar refractivity (Wildman–Crippen MR) is 90.1 cm³/mol. The Kier molecular flexibility index (Phi) is 3.79. The monoisotopic (exact) mass is 328 g/mol. The highest BCUT2D eigenvalue weighted by atomic mass is 16.5. The van der Waals surface area contributed by atoms with Crippen LogP contribution in [0.1, 0.15) is 25.1 Å². The van der Waals surface area contributed by atoms with E-state index in [4.69, 9.17) is 4.74 Å². The van der Waals surface area contributed by atoms with Crippen molar-refractivity contribution in [2.24, 2.45) is 0 Å². The molecule has 2 N–H and O–H groups in total. The van der Waals surface area contributed by atoms with Gasteiger partial charge in [-0.3, -0.25) is 9.59 Å². The van der Waals surface area contributed by atoms with Gasteiger partial charge in [0.1, 0.15) is 11.6 Å². The van der Waals surface area contributed by atoms with Crippen LogP contribution in [-0.4, -0.2) is 27.2 Å². The van der Waals surface area contributed by atoms with Crippen molar-refractivity contribution in [3.8, 4) is 5.75 Å². The van der Waals surface area contributed by atoms with Crippen LogP contribution in [0.2, 0.25) is 0 Å². The number of aryl methyl sites for hydroxylation is 3. The van der Waals surface area contributed by atoms with Gasteiger partial charge in [-0.15, -0.1) is 0 Å². The third-order valence-corrected chi connectivity index (χ3v) is 4.01. The van der Waals surface area contributed by atoms with E-state index in [1.807, 2.05) is 26.8 Å². The summed E-state index contributed by atoms with van der Waals surface area (Å²) in [5.41, 5.74) is 0.693. The lowest BCUT2D eigenvalue weighted by Gasteiger charge is -2.33. The number of hydrogen-bond acceptors (Lipinski definition) is 4. The van der Waals surface area contributed by atoms with Crippen LogP contribution >= 0.6 is 0 Å². The van der Waals surface area contributed by atoms with Gasteiger partial charge >= 0.3 is 0 Å². The second kappa shape index (κ2) is 5.67. The lowest BCUT2D eigenvalue weighted by Crippen LogP contribution is -2.56. The van der Waals surface area contributed by atoms with Gasteiger partial charge in [-0.05, 0) is 45.4 Å². The molecule has 0 bridgehead atoms. The normalized spacial score (nSPS) is 19.2. The Morgan fingerprint density at radius 3 is 2.83 bits per heavy atom. The van der Waals surface area contributed by atoms with Crippen LogP contribution in [0.4, 0.5) is 11.5 Å². The van der Waals surface area contributed by atoms with Gasteiger partial charge in [0.2, 0.25) is 0 Å². The highest BCUT2D eigenvalue weighted by Crippen LogP contribution is 2.34. The number of aromatic nitrogens is 2. The Hall–Kier alpha value is -2.83. The number of anilines is 2. The van der Waals surface area contributed by atoms with Gasteiger partial charge in [-0.25, -0.2) is 4.68 Å². The summed E-state index contributed by atoms with van der Waals surface area (Å²) in [6, 6.07) is 7.17. The molecule has 1 unspecified atom stereocenters. The first-order valence-electron chi connectivity index (χ1n) is 7.80. The van der Waals surface area contributed by atoms with Crippen molar-refractivity contribution in [2.45, 2.75) is 39.8 Å². The highest BCUT2D eigenvalue weighted by molar-refractivity contribution is 6.18. The third-order valence-electron chi connectivity index (χ3n) is 4.01. The van der Waals surface area contributed by atoms with Gasteiger partial charge in [0.25, 0.3) is 17.4 Å². The number of nitrogens with one attached hydrogen (secondary N) is 2. The fourth-order valence-electron chi connectivity index (χ4n) is 2.61. The summed E-state index contributed by atoms with van der Waals surface area (Å²) in [5, 5.41) is 9.76. The summed E-state index contributed by atoms with van der Waals surface area (Å²) in [6.07, 6.45) is 0. The highest BCUT2D eigenvalue weighted by Gasteiger charge is 2.47. The maximum atomic E-state index is 12.7. The minimum Gasteiger partial charge on any atom is -0.466 e. The minimum absolute atomic E-state index is 0.470. The number of ether oxygens (including phenoxy) is 1. The molecule has 0 aliphatic carbocycles. The van der Waals surface area contributed by atoms with E-state index in [0.717, 1.165) is 11.3 Å². The van der Waals surface area contributed by atoms with Crippen molar-refractivity contribution in [2.75, 3.05) is 10.6 Å². The largest absolute Gasteiger partial charge is 0.466 e. The molecule has 3 rings (SSSR count). The first kappa shape index (κ1) is 16.0. The van der Waals surface area contributed by atoms with Crippen LogP contribution in [0, 0.1) is 13.8 Å². The molecule has 1 aromatic carbocycles. The van der Waals surface area contributed by atoms with Crippen molar-refractivity contribution in [1.82, 2.24) is 9.78 Å². The van der Waals surface area contributed by atoms with Crippen molar-refractivity contribution in [3.63, 3.8) is 0 Å². The Morgan fingerprint density at radius 2 is 2.12 bits per heavy atom. The maximum Gasteiger partial charge on any atom is 0.279 e. The van der Waals surface area contributed by atoms with E-state index in [-0.39, 0.29) is 0 Å². The fourth-order valence-corrected chi connectivity index (χ4v) is 2.61.